The summed E-state index contributed by atoms with van der Waals surface area (Å²) in [6.07, 6.45) is 0. The van der Waals surface area contributed by atoms with Crippen LogP contribution in [0.1, 0.15) is 22.0 Å². The van der Waals surface area contributed by atoms with Crippen molar-refractivity contribution < 1.29 is 14.3 Å². The number of fused-ring (bicyclic) bond motifs is 1. The number of aryl methyl sites for hydroxylation is 2. The Bertz CT molecular complexity index is 970. The number of ether oxygens (including phenoxy) is 1. The molecule has 0 radical (unpaired) electrons. The molecule has 1 amide bonds. The van der Waals surface area contributed by atoms with Crippen LogP contribution in [0.15, 0.2) is 34.8 Å². The molecule has 0 atom stereocenters. The van der Waals surface area contributed by atoms with Crippen LogP contribution in [0.2, 0.25) is 0 Å². The summed E-state index contributed by atoms with van der Waals surface area (Å²) in [5.41, 5.74) is 2.16. The molecule has 1 N–H and O–H groups in total. The van der Waals surface area contributed by atoms with Crippen LogP contribution in [0.25, 0.3) is 5.78 Å². The highest BCUT2D eigenvalue weighted by Crippen LogP contribution is 2.15. The molecular formula is C16H14BrN5O3. The summed E-state index contributed by atoms with van der Waals surface area (Å²) < 4.78 is 7.24. The Balaban J connectivity index is 1.64. The van der Waals surface area contributed by atoms with E-state index in [0.717, 1.165) is 15.9 Å². The molecule has 8 nitrogen and oxygen atoms in total. The number of rotatable bonds is 4. The van der Waals surface area contributed by atoms with Crippen molar-refractivity contribution in [1.29, 1.82) is 0 Å². The maximum atomic E-state index is 12.0. The minimum Gasteiger partial charge on any atom is -0.450 e. The number of carbonyl (C=O) groups is 2. The molecule has 0 saturated carbocycles. The highest BCUT2D eigenvalue weighted by molar-refractivity contribution is 9.10. The molecule has 2 heterocycles. The zero-order chi connectivity index (χ0) is 18.0. The SMILES string of the molecule is Cc1cc(C)n2nc(C(=O)OCC(=O)Nc3cccc(Br)c3)nc2n1. The van der Waals surface area contributed by atoms with Gasteiger partial charge in [0.25, 0.3) is 17.5 Å². The van der Waals surface area contributed by atoms with Crippen molar-refractivity contribution in [3.8, 4) is 0 Å². The van der Waals surface area contributed by atoms with E-state index in [1.807, 2.05) is 26.0 Å². The molecule has 0 bridgehead atoms. The quantitative estimate of drug-likeness (QED) is 0.671. The fourth-order valence-electron chi connectivity index (χ4n) is 2.21. The van der Waals surface area contributed by atoms with E-state index in [1.54, 1.807) is 18.2 Å². The Morgan fingerprint density at radius 1 is 1.24 bits per heavy atom. The topological polar surface area (TPSA) is 98.5 Å². The van der Waals surface area contributed by atoms with Crippen LogP contribution in [-0.2, 0) is 9.53 Å². The molecular weight excluding hydrogens is 390 g/mol. The van der Waals surface area contributed by atoms with Crippen LogP contribution < -0.4 is 5.32 Å². The van der Waals surface area contributed by atoms with Gasteiger partial charge in [-0.1, -0.05) is 22.0 Å². The molecule has 25 heavy (non-hydrogen) atoms. The summed E-state index contributed by atoms with van der Waals surface area (Å²) in [6.45, 7) is 3.22. The minimum atomic E-state index is -0.785. The van der Waals surface area contributed by atoms with Gasteiger partial charge >= 0.3 is 5.97 Å². The van der Waals surface area contributed by atoms with Gasteiger partial charge < -0.3 is 10.1 Å². The summed E-state index contributed by atoms with van der Waals surface area (Å²) in [5, 5.41) is 6.69. The summed E-state index contributed by atoms with van der Waals surface area (Å²) >= 11 is 3.31. The van der Waals surface area contributed by atoms with E-state index in [2.05, 4.69) is 36.3 Å². The summed E-state index contributed by atoms with van der Waals surface area (Å²) in [4.78, 5) is 32.1. The predicted octanol–water partition coefficient (Wildman–Crippen LogP) is 2.30. The molecule has 0 unspecified atom stereocenters. The molecule has 3 aromatic rings. The fraction of sp³-hybridized carbons (Fsp3) is 0.188. The third-order valence-corrected chi connectivity index (χ3v) is 3.74. The third kappa shape index (κ3) is 4.00. The number of esters is 1. The van der Waals surface area contributed by atoms with Gasteiger partial charge in [0, 0.05) is 21.5 Å². The molecule has 0 aliphatic carbocycles. The van der Waals surface area contributed by atoms with Crippen molar-refractivity contribution in [2.24, 2.45) is 0 Å². The number of hydrogen-bond donors (Lipinski definition) is 1. The van der Waals surface area contributed by atoms with Crippen molar-refractivity contribution in [1.82, 2.24) is 19.6 Å². The number of nitrogens with one attached hydrogen (secondary N) is 1. The fourth-order valence-corrected chi connectivity index (χ4v) is 2.61. The van der Waals surface area contributed by atoms with Crippen LogP contribution in [0, 0.1) is 13.8 Å². The van der Waals surface area contributed by atoms with E-state index in [-0.39, 0.29) is 5.82 Å². The molecule has 2 aromatic heterocycles. The van der Waals surface area contributed by atoms with Crippen LogP contribution in [0.3, 0.4) is 0 Å². The molecule has 128 valence electrons. The molecule has 0 aliphatic heterocycles. The van der Waals surface area contributed by atoms with Gasteiger partial charge in [-0.2, -0.15) is 4.98 Å². The lowest BCUT2D eigenvalue weighted by molar-refractivity contribution is -0.119. The largest absolute Gasteiger partial charge is 0.450 e. The molecule has 0 fully saturated rings. The molecule has 0 spiro atoms. The Kier molecular flexibility index (Phi) is 4.75. The Morgan fingerprint density at radius 3 is 2.80 bits per heavy atom. The van der Waals surface area contributed by atoms with Gasteiger partial charge in [-0.3, -0.25) is 4.79 Å². The number of carbonyl (C=O) groups excluding carboxylic acids is 2. The van der Waals surface area contributed by atoms with E-state index >= 15 is 0 Å². The zero-order valence-electron chi connectivity index (χ0n) is 13.5. The number of aromatic nitrogens is 4. The Morgan fingerprint density at radius 2 is 2.04 bits per heavy atom. The van der Waals surface area contributed by atoms with Crippen molar-refractivity contribution in [3.05, 3.63) is 52.0 Å². The first-order valence-corrected chi connectivity index (χ1v) is 8.15. The van der Waals surface area contributed by atoms with E-state index in [0.29, 0.717) is 11.5 Å². The normalized spacial score (nSPS) is 10.7. The standard InChI is InChI=1S/C16H14BrN5O3/c1-9-6-10(2)22-16(18-9)20-14(21-22)15(24)25-8-13(23)19-12-5-3-4-11(17)7-12/h3-7H,8H2,1-2H3,(H,19,23). The molecule has 0 aliphatic rings. The number of halogens is 1. The van der Waals surface area contributed by atoms with Crippen molar-refractivity contribution in [2.75, 3.05) is 11.9 Å². The summed E-state index contributed by atoms with van der Waals surface area (Å²) in [6, 6.07) is 8.90. The van der Waals surface area contributed by atoms with E-state index < -0.39 is 18.5 Å². The molecule has 0 saturated heterocycles. The first-order chi connectivity index (χ1) is 11.9. The second-order valence-corrected chi connectivity index (χ2v) is 6.24. The number of benzene rings is 1. The maximum Gasteiger partial charge on any atom is 0.378 e. The van der Waals surface area contributed by atoms with E-state index in [9.17, 15) is 9.59 Å². The lowest BCUT2D eigenvalue weighted by atomic mass is 10.3. The zero-order valence-corrected chi connectivity index (χ0v) is 15.1. The summed E-state index contributed by atoms with van der Waals surface area (Å²) in [7, 11) is 0. The number of hydrogen-bond acceptors (Lipinski definition) is 6. The van der Waals surface area contributed by atoms with E-state index in [4.69, 9.17) is 4.74 Å². The smallest absolute Gasteiger partial charge is 0.378 e. The first-order valence-electron chi connectivity index (χ1n) is 7.36. The minimum absolute atomic E-state index is 0.142. The second-order valence-electron chi connectivity index (χ2n) is 5.32. The van der Waals surface area contributed by atoms with Crippen molar-refractivity contribution in [2.45, 2.75) is 13.8 Å². The number of nitrogens with zero attached hydrogens (tertiary/aromatic N) is 4. The van der Waals surface area contributed by atoms with Gasteiger partial charge in [-0.25, -0.2) is 14.3 Å². The lowest BCUT2D eigenvalue weighted by Gasteiger charge is -2.05. The van der Waals surface area contributed by atoms with Gasteiger partial charge in [-0.05, 0) is 38.1 Å². The highest BCUT2D eigenvalue weighted by atomic mass is 79.9. The average Bonchev–Trinajstić information content (AvgIpc) is 2.97. The van der Waals surface area contributed by atoms with Gasteiger partial charge in [0.15, 0.2) is 6.61 Å². The third-order valence-electron chi connectivity index (χ3n) is 3.24. The van der Waals surface area contributed by atoms with Crippen LogP contribution in [0.5, 0.6) is 0 Å². The molecule has 9 heteroatoms. The van der Waals surface area contributed by atoms with Gasteiger partial charge in [-0.15, -0.1) is 5.10 Å². The van der Waals surface area contributed by atoms with Crippen LogP contribution >= 0.6 is 15.9 Å². The summed E-state index contributed by atoms with van der Waals surface area (Å²) in [5.74, 6) is -1.08. The lowest BCUT2D eigenvalue weighted by Crippen LogP contribution is -2.21. The molecule has 3 rings (SSSR count). The maximum absolute atomic E-state index is 12.0. The van der Waals surface area contributed by atoms with E-state index in [1.165, 1.54) is 4.52 Å². The highest BCUT2D eigenvalue weighted by Gasteiger charge is 2.17. The molecule has 1 aromatic carbocycles. The van der Waals surface area contributed by atoms with Crippen molar-refractivity contribution >= 4 is 39.3 Å². The van der Waals surface area contributed by atoms with Crippen LogP contribution in [0.4, 0.5) is 5.69 Å². The Labute approximate surface area is 151 Å². The van der Waals surface area contributed by atoms with Gasteiger partial charge in [0.05, 0.1) is 0 Å². The van der Waals surface area contributed by atoms with Gasteiger partial charge in [0.1, 0.15) is 0 Å². The van der Waals surface area contributed by atoms with Crippen LogP contribution in [-0.4, -0.2) is 38.1 Å². The van der Waals surface area contributed by atoms with Crippen molar-refractivity contribution in [3.63, 3.8) is 0 Å². The monoisotopic (exact) mass is 403 g/mol. The Hall–Kier alpha value is -2.81. The predicted molar refractivity (Wildman–Crippen MR) is 93.3 cm³/mol. The second kappa shape index (κ2) is 6.98. The first kappa shape index (κ1) is 17.0. The average molecular weight is 404 g/mol. The number of anilines is 1. The van der Waals surface area contributed by atoms with Gasteiger partial charge in [0.2, 0.25) is 0 Å². The number of amides is 1.